The number of carbonyl (C=O) groups is 1. The Hall–Kier alpha value is -2.07. The normalized spacial score (nSPS) is 10.8. The van der Waals surface area contributed by atoms with Crippen LogP contribution < -0.4 is 5.32 Å². The van der Waals surface area contributed by atoms with E-state index in [0.717, 1.165) is 15.8 Å². The summed E-state index contributed by atoms with van der Waals surface area (Å²) in [6.45, 7) is 0.585. The van der Waals surface area contributed by atoms with Crippen molar-refractivity contribution >= 4 is 28.1 Å². The number of nitrogens with zero attached hydrogens (tertiary/aromatic N) is 1. The van der Waals surface area contributed by atoms with Gasteiger partial charge in [0.2, 0.25) is 0 Å². The number of nitrogens with one attached hydrogen (secondary N) is 1. The molecule has 96 valence electrons. The average molecular weight is 270 g/mol. The van der Waals surface area contributed by atoms with E-state index in [2.05, 4.69) is 5.32 Å². The van der Waals surface area contributed by atoms with Gasteiger partial charge in [0.25, 0.3) is 5.91 Å². The van der Waals surface area contributed by atoms with Gasteiger partial charge in [-0.2, -0.15) is 0 Å². The maximum absolute atomic E-state index is 12.1. The smallest absolute Gasteiger partial charge is 0.251 e. The molecule has 3 aromatic rings. The molecular formula is C15H14N2OS. The fraction of sp³-hybridized carbons (Fsp3) is 0.133. The van der Waals surface area contributed by atoms with Crippen LogP contribution in [0, 0.1) is 0 Å². The molecular weight excluding hydrogens is 256 g/mol. The van der Waals surface area contributed by atoms with Gasteiger partial charge in [-0.3, -0.25) is 4.79 Å². The van der Waals surface area contributed by atoms with Gasteiger partial charge in [-0.05, 0) is 35.0 Å². The fourth-order valence-electron chi connectivity index (χ4n) is 2.09. The highest BCUT2D eigenvalue weighted by Gasteiger charge is 2.07. The number of benzene rings is 1. The first-order chi connectivity index (χ1) is 9.24. The molecule has 0 unspecified atom stereocenters. The number of hydrogen-bond acceptors (Lipinski definition) is 2. The molecule has 1 N–H and O–H groups in total. The predicted molar refractivity (Wildman–Crippen MR) is 78.4 cm³/mol. The predicted octanol–water partition coefficient (Wildman–Crippen LogP) is 3.17. The Kier molecular flexibility index (Phi) is 3.09. The van der Waals surface area contributed by atoms with E-state index in [4.69, 9.17) is 0 Å². The third-order valence-corrected chi connectivity index (χ3v) is 4.03. The van der Waals surface area contributed by atoms with E-state index in [1.165, 1.54) is 0 Å². The van der Waals surface area contributed by atoms with Crippen molar-refractivity contribution in [2.24, 2.45) is 7.05 Å². The molecule has 4 heteroatoms. The van der Waals surface area contributed by atoms with Crippen molar-refractivity contribution in [1.82, 2.24) is 9.88 Å². The number of fused-ring (bicyclic) bond motifs is 1. The summed E-state index contributed by atoms with van der Waals surface area (Å²) >= 11 is 1.65. The molecule has 19 heavy (non-hydrogen) atoms. The van der Waals surface area contributed by atoms with Gasteiger partial charge in [0.15, 0.2) is 0 Å². The van der Waals surface area contributed by atoms with Gasteiger partial charge in [0.05, 0.1) is 6.54 Å². The molecule has 0 aliphatic heterocycles. The number of thiophene rings is 1. The minimum atomic E-state index is -0.0310. The van der Waals surface area contributed by atoms with Crippen LogP contribution in [0.1, 0.15) is 15.2 Å². The fourth-order valence-corrected chi connectivity index (χ4v) is 2.73. The second-order valence-electron chi connectivity index (χ2n) is 4.46. The molecule has 0 aliphatic rings. The highest BCUT2D eigenvalue weighted by molar-refractivity contribution is 7.09. The van der Waals surface area contributed by atoms with E-state index in [1.807, 2.05) is 59.6 Å². The Morgan fingerprint density at radius 1 is 1.32 bits per heavy atom. The molecule has 0 saturated carbocycles. The molecule has 0 spiro atoms. The van der Waals surface area contributed by atoms with Gasteiger partial charge in [0, 0.05) is 29.2 Å². The Labute approximate surface area is 115 Å². The van der Waals surface area contributed by atoms with E-state index in [9.17, 15) is 4.79 Å². The molecule has 0 atom stereocenters. The number of carbonyl (C=O) groups excluding carboxylic acids is 1. The molecule has 0 aliphatic carbocycles. The van der Waals surface area contributed by atoms with Crippen LogP contribution in [0.5, 0.6) is 0 Å². The average Bonchev–Trinajstić information content (AvgIpc) is 3.06. The summed E-state index contributed by atoms with van der Waals surface area (Å²) in [5.41, 5.74) is 1.77. The molecule has 0 bridgehead atoms. The number of rotatable bonds is 3. The lowest BCUT2D eigenvalue weighted by atomic mass is 10.1. The summed E-state index contributed by atoms with van der Waals surface area (Å²) in [5, 5.41) is 6.10. The third-order valence-electron chi connectivity index (χ3n) is 3.15. The van der Waals surface area contributed by atoms with Crippen molar-refractivity contribution < 1.29 is 4.79 Å². The zero-order chi connectivity index (χ0) is 13.2. The first-order valence-corrected chi connectivity index (χ1v) is 6.98. The summed E-state index contributed by atoms with van der Waals surface area (Å²) in [5.74, 6) is -0.0310. The number of aromatic nitrogens is 1. The lowest BCUT2D eigenvalue weighted by molar-refractivity contribution is 0.0951. The molecule has 2 aromatic heterocycles. The quantitative estimate of drug-likeness (QED) is 0.779. The molecule has 3 rings (SSSR count). The molecule has 0 saturated heterocycles. The van der Waals surface area contributed by atoms with Crippen molar-refractivity contribution in [3.05, 3.63) is 58.4 Å². The highest BCUT2D eigenvalue weighted by Crippen LogP contribution is 2.17. The van der Waals surface area contributed by atoms with Crippen molar-refractivity contribution in [3.63, 3.8) is 0 Å². The van der Waals surface area contributed by atoms with Crippen LogP contribution in [0.4, 0.5) is 0 Å². The van der Waals surface area contributed by atoms with Gasteiger partial charge in [0.1, 0.15) is 0 Å². The Bertz CT molecular complexity index is 713. The topological polar surface area (TPSA) is 34.0 Å². The lowest BCUT2D eigenvalue weighted by Gasteiger charge is -2.05. The molecule has 0 radical (unpaired) electrons. The van der Waals surface area contributed by atoms with Gasteiger partial charge in [-0.25, -0.2) is 0 Å². The van der Waals surface area contributed by atoms with Gasteiger partial charge in [-0.1, -0.05) is 12.1 Å². The van der Waals surface area contributed by atoms with Crippen LogP contribution >= 0.6 is 11.3 Å². The molecule has 2 heterocycles. The zero-order valence-electron chi connectivity index (χ0n) is 10.6. The third kappa shape index (κ3) is 2.39. The minimum absolute atomic E-state index is 0.0310. The van der Waals surface area contributed by atoms with Crippen LogP contribution in [-0.2, 0) is 13.6 Å². The summed E-state index contributed by atoms with van der Waals surface area (Å²) < 4.78 is 2.02. The summed E-state index contributed by atoms with van der Waals surface area (Å²) in [7, 11) is 1.98. The van der Waals surface area contributed by atoms with E-state index >= 15 is 0 Å². The first-order valence-electron chi connectivity index (χ1n) is 6.10. The minimum Gasteiger partial charge on any atom is -0.351 e. The largest absolute Gasteiger partial charge is 0.351 e. The van der Waals surface area contributed by atoms with Crippen molar-refractivity contribution in [1.29, 1.82) is 0 Å². The standard InChI is InChI=1S/C15H14N2OS/c1-17-7-6-11-4-5-12(9-14(11)17)15(18)16-10-13-3-2-8-19-13/h2-9H,10H2,1H3,(H,16,18). The van der Waals surface area contributed by atoms with Crippen LogP contribution in [0.2, 0.25) is 0 Å². The number of amides is 1. The second-order valence-corrected chi connectivity index (χ2v) is 5.49. The van der Waals surface area contributed by atoms with Gasteiger partial charge >= 0.3 is 0 Å². The Morgan fingerprint density at radius 2 is 2.21 bits per heavy atom. The SMILES string of the molecule is Cn1ccc2ccc(C(=O)NCc3cccs3)cc21. The summed E-state index contributed by atoms with van der Waals surface area (Å²) in [6.07, 6.45) is 2.00. The number of aryl methyl sites for hydroxylation is 1. The maximum Gasteiger partial charge on any atom is 0.251 e. The molecule has 1 amide bonds. The monoisotopic (exact) mass is 270 g/mol. The zero-order valence-corrected chi connectivity index (χ0v) is 11.4. The first kappa shape index (κ1) is 12.0. The van der Waals surface area contributed by atoms with E-state index < -0.39 is 0 Å². The van der Waals surface area contributed by atoms with Crippen LogP contribution in [0.15, 0.2) is 48.0 Å². The van der Waals surface area contributed by atoms with Crippen molar-refractivity contribution in [2.75, 3.05) is 0 Å². The summed E-state index contributed by atoms with van der Waals surface area (Å²) in [4.78, 5) is 13.3. The molecule has 3 nitrogen and oxygen atoms in total. The van der Waals surface area contributed by atoms with E-state index in [0.29, 0.717) is 12.1 Å². The second kappa shape index (κ2) is 4.90. The van der Waals surface area contributed by atoms with Crippen LogP contribution in [-0.4, -0.2) is 10.5 Å². The van der Waals surface area contributed by atoms with Crippen molar-refractivity contribution in [3.8, 4) is 0 Å². The molecule has 0 fully saturated rings. The van der Waals surface area contributed by atoms with Crippen LogP contribution in [0.3, 0.4) is 0 Å². The van der Waals surface area contributed by atoms with Gasteiger partial charge < -0.3 is 9.88 Å². The highest BCUT2D eigenvalue weighted by atomic mass is 32.1. The Balaban J connectivity index is 1.79. The lowest BCUT2D eigenvalue weighted by Crippen LogP contribution is -2.22. The van der Waals surface area contributed by atoms with E-state index in [-0.39, 0.29) is 5.91 Å². The Morgan fingerprint density at radius 3 is 3.00 bits per heavy atom. The van der Waals surface area contributed by atoms with E-state index in [1.54, 1.807) is 11.3 Å². The maximum atomic E-state index is 12.1. The molecule has 1 aromatic carbocycles. The van der Waals surface area contributed by atoms with Crippen LogP contribution in [0.25, 0.3) is 10.9 Å². The van der Waals surface area contributed by atoms with Gasteiger partial charge in [-0.15, -0.1) is 11.3 Å². The van der Waals surface area contributed by atoms with Crippen molar-refractivity contribution in [2.45, 2.75) is 6.54 Å². The number of hydrogen-bond donors (Lipinski definition) is 1. The summed E-state index contributed by atoms with van der Waals surface area (Å²) in [6, 6.07) is 11.8.